The number of carboxylic acid groups (broad SMARTS) is 1. The molecule has 3 nitrogen and oxygen atoms in total. The molecule has 96 valence electrons. The number of carbonyl (C=O) groups excluding carboxylic acids is 1. The maximum Gasteiger partial charge on any atom is 0.307 e. The number of carboxylic acids is 1. The normalized spacial score (nSPS) is 11.7. The predicted octanol–water partition coefficient (Wildman–Crippen LogP) is 3.07. The smallest absolute Gasteiger partial charge is 0.307 e. The van der Waals surface area contributed by atoms with Crippen molar-refractivity contribution >= 4 is 11.8 Å². The molecule has 4 heteroatoms. The molecule has 0 bridgehead atoms. The van der Waals surface area contributed by atoms with Crippen LogP contribution in [0.15, 0.2) is 35.9 Å². The van der Waals surface area contributed by atoms with E-state index >= 15 is 0 Å². The van der Waals surface area contributed by atoms with E-state index in [2.05, 4.69) is 0 Å². The van der Waals surface area contributed by atoms with Crippen LogP contribution in [-0.2, 0) is 4.79 Å². The Labute approximate surface area is 105 Å². The molecule has 0 atom stereocenters. The van der Waals surface area contributed by atoms with Crippen molar-refractivity contribution in [3.63, 3.8) is 0 Å². The molecule has 1 aromatic rings. The van der Waals surface area contributed by atoms with Crippen LogP contribution in [0.25, 0.3) is 0 Å². The third kappa shape index (κ3) is 4.13. The number of hydrogen-bond donors (Lipinski definition) is 1. The fourth-order valence-corrected chi connectivity index (χ4v) is 1.57. The molecule has 0 unspecified atom stereocenters. The summed E-state index contributed by atoms with van der Waals surface area (Å²) >= 11 is 0. The maximum absolute atomic E-state index is 12.8. The van der Waals surface area contributed by atoms with E-state index in [1.54, 1.807) is 6.08 Å². The van der Waals surface area contributed by atoms with Gasteiger partial charge in [0.2, 0.25) is 0 Å². The van der Waals surface area contributed by atoms with Crippen molar-refractivity contribution in [3.05, 3.63) is 47.3 Å². The highest BCUT2D eigenvalue weighted by atomic mass is 19.1. The van der Waals surface area contributed by atoms with Gasteiger partial charge >= 0.3 is 5.97 Å². The molecule has 0 aliphatic rings. The molecule has 0 amide bonds. The third-order valence-electron chi connectivity index (χ3n) is 2.27. The monoisotopic (exact) mass is 250 g/mol. The van der Waals surface area contributed by atoms with Gasteiger partial charge in [0.05, 0.1) is 6.42 Å². The lowest BCUT2D eigenvalue weighted by Crippen LogP contribution is -2.09. The first-order valence-electron chi connectivity index (χ1n) is 5.63. The van der Waals surface area contributed by atoms with Crippen molar-refractivity contribution in [2.45, 2.75) is 20.3 Å². The second kappa shape index (κ2) is 6.10. The van der Waals surface area contributed by atoms with E-state index in [9.17, 15) is 14.0 Å². The molecule has 0 saturated carbocycles. The number of Topliss-reactive ketones (excluding diaryl/α,β-unsaturated/α-hetero) is 1. The molecule has 0 fully saturated rings. The summed E-state index contributed by atoms with van der Waals surface area (Å²) in [6.07, 6.45) is 1.30. The molecule has 0 radical (unpaired) electrons. The van der Waals surface area contributed by atoms with Gasteiger partial charge in [-0.2, -0.15) is 0 Å². The van der Waals surface area contributed by atoms with Crippen molar-refractivity contribution in [1.29, 1.82) is 0 Å². The van der Waals surface area contributed by atoms with Crippen molar-refractivity contribution in [1.82, 2.24) is 0 Å². The quantitative estimate of drug-likeness (QED) is 0.645. The largest absolute Gasteiger partial charge is 0.481 e. The number of carbonyl (C=O) groups is 2. The Kier molecular flexibility index (Phi) is 4.77. The SMILES string of the molecule is CC(C)C=C(CC(=O)O)C(=O)c1ccc(F)cc1. The van der Waals surface area contributed by atoms with Gasteiger partial charge in [0, 0.05) is 11.1 Å². The average molecular weight is 250 g/mol. The Morgan fingerprint density at radius 3 is 2.28 bits per heavy atom. The van der Waals surface area contributed by atoms with E-state index in [0.717, 1.165) is 0 Å². The van der Waals surface area contributed by atoms with Gasteiger partial charge in [0.15, 0.2) is 5.78 Å². The van der Waals surface area contributed by atoms with Crippen molar-refractivity contribution in [2.75, 3.05) is 0 Å². The molecule has 0 saturated heterocycles. The van der Waals surface area contributed by atoms with Crippen LogP contribution in [0, 0.1) is 11.7 Å². The van der Waals surface area contributed by atoms with Gasteiger partial charge in [-0.25, -0.2) is 4.39 Å². The maximum atomic E-state index is 12.8. The third-order valence-corrected chi connectivity index (χ3v) is 2.27. The lowest BCUT2D eigenvalue weighted by molar-refractivity contribution is -0.136. The van der Waals surface area contributed by atoms with Gasteiger partial charge in [-0.1, -0.05) is 19.9 Å². The number of hydrogen-bond acceptors (Lipinski definition) is 2. The fraction of sp³-hybridized carbons (Fsp3) is 0.286. The van der Waals surface area contributed by atoms with Gasteiger partial charge in [0.1, 0.15) is 5.82 Å². The molecular weight excluding hydrogens is 235 g/mol. The summed E-state index contributed by atoms with van der Waals surface area (Å²) in [5.41, 5.74) is 0.522. The minimum atomic E-state index is -1.06. The standard InChI is InChI=1S/C14H15FO3/c1-9(2)7-11(8-13(16)17)14(18)10-3-5-12(15)6-4-10/h3-7,9H,8H2,1-2H3,(H,16,17). The summed E-state index contributed by atoms with van der Waals surface area (Å²) in [4.78, 5) is 22.8. The molecule has 0 spiro atoms. The zero-order chi connectivity index (χ0) is 13.7. The highest BCUT2D eigenvalue weighted by molar-refractivity contribution is 6.10. The number of rotatable bonds is 5. The summed E-state index contributed by atoms with van der Waals surface area (Å²) in [6, 6.07) is 5.07. The number of benzene rings is 1. The van der Waals surface area contributed by atoms with E-state index in [-0.39, 0.29) is 23.7 Å². The molecule has 0 aliphatic carbocycles. The number of halogens is 1. The van der Waals surface area contributed by atoms with Crippen LogP contribution < -0.4 is 0 Å². The first-order chi connectivity index (χ1) is 8.40. The molecule has 1 rings (SSSR count). The van der Waals surface area contributed by atoms with Crippen molar-refractivity contribution in [2.24, 2.45) is 5.92 Å². The number of ketones is 1. The van der Waals surface area contributed by atoms with Gasteiger partial charge in [-0.15, -0.1) is 0 Å². The highest BCUT2D eigenvalue weighted by Gasteiger charge is 2.15. The first kappa shape index (κ1) is 14.1. The summed E-state index contributed by atoms with van der Waals surface area (Å²) in [5.74, 6) is -1.79. The van der Waals surface area contributed by atoms with E-state index in [1.807, 2.05) is 13.8 Å². The number of aliphatic carboxylic acids is 1. The average Bonchev–Trinajstić information content (AvgIpc) is 2.27. The Hall–Kier alpha value is -1.97. The molecule has 0 heterocycles. The molecule has 0 aliphatic heterocycles. The number of allylic oxidation sites excluding steroid dienone is 1. The van der Waals surface area contributed by atoms with Crippen LogP contribution in [0.5, 0.6) is 0 Å². The van der Waals surface area contributed by atoms with Crippen molar-refractivity contribution in [3.8, 4) is 0 Å². The second-order valence-electron chi connectivity index (χ2n) is 4.34. The van der Waals surface area contributed by atoms with Crippen LogP contribution >= 0.6 is 0 Å². The summed E-state index contributed by atoms with van der Waals surface area (Å²) < 4.78 is 12.8. The van der Waals surface area contributed by atoms with E-state index in [4.69, 9.17) is 5.11 Å². The predicted molar refractivity (Wildman–Crippen MR) is 65.9 cm³/mol. The Morgan fingerprint density at radius 1 is 1.28 bits per heavy atom. The minimum absolute atomic E-state index is 0.0729. The van der Waals surface area contributed by atoms with E-state index in [1.165, 1.54) is 24.3 Å². The van der Waals surface area contributed by atoms with Gasteiger partial charge in [-0.05, 0) is 30.2 Å². The molecule has 0 aromatic heterocycles. The Morgan fingerprint density at radius 2 is 1.83 bits per heavy atom. The first-order valence-corrected chi connectivity index (χ1v) is 5.63. The lowest BCUT2D eigenvalue weighted by Gasteiger charge is -2.06. The van der Waals surface area contributed by atoms with Crippen LogP contribution in [-0.4, -0.2) is 16.9 Å². The zero-order valence-electron chi connectivity index (χ0n) is 10.3. The Balaban J connectivity index is 3.02. The summed E-state index contributed by atoms with van der Waals surface area (Å²) in [6.45, 7) is 3.72. The molecule has 1 aromatic carbocycles. The topological polar surface area (TPSA) is 54.4 Å². The fourth-order valence-electron chi connectivity index (χ4n) is 1.57. The highest BCUT2D eigenvalue weighted by Crippen LogP contribution is 2.15. The minimum Gasteiger partial charge on any atom is -0.481 e. The van der Waals surface area contributed by atoms with E-state index in [0.29, 0.717) is 5.56 Å². The van der Waals surface area contributed by atoms with E-state index < -0.39 is 11.8 Å². The van der Waals surface area contributed by atoms with Gasteiger partial charge in [-0.3, -0.25) is 9.59 Å². The molecular formula is C14H15FO3. The Bertz CT molecular complexity index is 472. The lowest BCUT2D eigenvalue weighted by atomic mass is 9.97. The van der Waals surface area contributed by atoms with Crippen LogP contribution in [0.4, 0.5) is 4.39 Å². The van der Waals surface area contributed by atoms with Crippen LogP contribution in [0.2, 0.25) is 0 Å². The summed E-state index contributed by atoms with van der Waals surface area (Å²) in [7, 11) is 0. The van der Waals surface area contributed by atoms with Crippen molar-refractivity contribution < 1.29 is 19.1 Å². The molecule has 1 N–H and O–H groups in total. The summed E-state index contributed by atoms with van der Waals surface area (Å²) in [5, 5.41) is 8.78. The van der Waals surface area contributed by atoms with Gasteiger partial charge < -0.3 is 5.11 Å². The molecule has 18 heavy (non-hydrogen) atoms. The second-order valence-corrected chi connectivity index (χ2v) is 4.34. The zero-order valence-corrected chi connectivity index (χ0v) is 10.3. The van der Waals surface area contributed by atoms with Crippen LogP contribution in [0.3, 0.4) is 0 Å². The van der Waals surface area contributed by atoms with Gasteiger partial charge in [0.25, 0.3) is 0 Å². The van der Waals surface area contributed by atoms with Crippen LogP contribution in [0.1, 0.15) is 30.6 Å².